The molecule has 0 aliphatic heterocycles. The van der Waals surface area contributed by atoms with Crippen LogP contribution in [0.25, 0.3) is 0 Å². The van der Waals surface area contributed by atoms with Crippen LogP contribution in [0, 0.1) is 17.0 Å². The van der Waals surface area contributed by atoms with Crippen LogP contribution in [-0.2, 0) is 9.59 Å². The van der Waals surface area contributed by atoms with Crippen LogP contribution in [0.5, 0.6) is 0 Å². The number of aryl methyl sites for hydroxylation is 1. The predicted molar refractivity (Wildman–Crippen MR) is 82.5 cm³/mol. The van der Waals surface area contributed by atoms with Gasteiger partial charge in [0, 0.05) is 23.2 Å². The fourth-order valence-corrected chi connectivity index (χ4v) is 2.31. The second kappa shape index (κ2) is 7.07. The van der Waals surface area contributed by atoms with Crippen LogP contribution in [0.15, 0.2) is 18.2 Å². The Morgan fingerprint density at radius 3 is 2.54 bits per heavy atom. The molecule has 2 rings (SSSR count). The Kier molecular flexibility index (Phi) is 5.12. The average Bonchev–Trinajstić information content (AvgIpc) is 3.33. The molecule has 0 atom stereocenters. The summed E-state index contributed by atoms with van der Waals surface area (Å²) in [6.45, 7) is 0.802. The van der Waals surface area contributed by atoms with E-state index in [0.29, 0.717) is 5.56 Å². The molecule has 9 heteroatoms. The van der Waals surface area contributed by atoms with Crippen LogP contribution in [-0.4, -0.2) is 51.8 Å². The minimum absolute atomic E-state index is 0.0767. The predicted octanol–water partition coefficient (Wildman–Crippen LogP) is 0.709. The second-order valence-electron chi connectivity index (χ2n) is 5.59. The number of benzene rings is 1. The van der Waals surface area contributed by atoms with E-state index in [0.717, 1.165) is 12.8 Å². The molecular weight excluding hydrogens is 318 g/mol. The first-order chi connectivity index (χ1) is 11.3. The number of nitrogens with one attached hydrogen (secondary N) is 1. The Labute approximate surface area is 137 Å². The molecule has 128 valence electrons. The number of rotatable bonds is 7. The fraction of sp³-hybridized carbons (Fsp3) is 0.400. The molecule has 24 heavy (non-hydrogen) atoms. The van der Waals surface area contributed by atoms with Gasteiger partial charge in [0.15, 0.2) is 0 Å². The molecule has 0 unspecified atom stereocenters. The van der Waals surface area contributed by atoms with Gasteiger partial charge in [-0.05, 0) is 31.9 Å². The molecule has 0 spiro atoms. The molecule has 0 saturated heterocycles. The van der Waals surface area contributed by atoms with Crippen molar-refractivity contribution in [2.75, 3.05) is 13.1 Å². The van der Waals surface area contributed by atoms with Crippen molar-refractivity contribution >= 4 is 23.5 Å². The van der Waals surface area contributed by atoms with E-state index in [1.807, 2.05) is 0 Å². The SMILES string of the molecule is Cc1cc(C(=O)NCC(=O)N(CC(=O)O)C2CC2)ccc1[N+](=O)[O-]. The van der Waals surface area contributed by atoms with Gasteiger partial charge in [-0.15, -0.1) is 0 Å². The van der Waals surface area contributed by atoms with Crippen molar-refractivity contribution in [2.24, 2.45) is 0 Å². The Balaban J connectivity index is 1.97. The first kappa shape index (κ1) is 17.4. The van der Waals surface area contributed by atoms with Crippen molar-refractivity contribution in [2.45, 2.75) is 25.8 Å². The number of hydrogen-bond donors (Lipinski definition) is 2. The summed E-state index contributed by atoms with van der Waals surface area (Å²) in [5, 5.41) is 22.0. The van der Waals surface area contributed by atoms with Crippen molar-refractivity contribution in [3.8, 4) is 0 Å². The fourth-order valence-electron chi connectivity index (χ4n) is 2.31. The maximum absolute atomic E-state index is 12.1. The summed E-state index contributed by atoms with van der Waals surface area (Å²) < 4.78 is 0. The highest BCUT2D eigenvalue weighted by Gasteiger charge is 2.33. The summed E-state index contributed by atoms with van der Waals surface area (Å²) in [7, 11) is 0. The van der Waals surface area contributed by atoms with E-state index in [1.54, 1.807) is 0 Å². The van der Waals surface area contributed by atoms with Gasteiger partial charge < -0.3 is 15.3 Å². The minimum Gasteiger partial charge on any atom is -0.480 e. The zero-order chi connectivity index (χ0) is 17.9. The number of carboxylic acids is 1. The molecular formula is C15H17N3O6. The molecule has 2 amide bonds. The highest BCUT2D eigenvalue weighted by molar-refractivity contribution is 5.97. The first-order valence-corrected chi connectivity index (χ1v) is 7.34. The lowest BCUT2D eigenvalue weighted by molar-refractivity contribution is -0.385. The van der Waals surface area contributed by atoms with Crippen molar-refractivity contribution in [1.82, 2.24) is 10.2 Å². The number of carbonyl (C=O) groups excluding carboxylic acids is 2. The van der Waals surface area contributed by atoms with Crippen molar-refractivity contribution in [3.05, 3.63) is 39.4 Å². The highest BCUT2D eigenvalue weighted by atomic mass is 16.6. The summed E-state index contributed by atoms with van der Waals surface area (Å²) in [5.41, 5.74) is 0.440. The van der Waals surface area contributed by atoms with E-state index in [-0.39, 0.29) is 23.8 Å². The third-order valence-electron chi connectivity index (χ3n) is 3.67. The topological polar surface area (TPSA) is 130 Å². The second-order valence-corrected chi connectivity index (χ2v) is 5.59. The lowest BCUT2D eigenvalue weighted by atomic mass is 10.1. The maximum atomic E-state index is 12.1. The molecule has 1 aliphatic carbocycles. The van der Waals surface area contributed by atoms with E-state index in [1.165, 1.54) is 30.0 Å². The third-order valence-corrected chi connectivity index (χ3v) is 3.67. The standard InChI is InChI=1S/C15H17N3O6/c1-9-6-10(2-5-12(9)18(23)24)15(22)16-7-13(19)17(8-14(20)21)11-3-4-11/h2,5-6,11H,3-4,7-8H2,1H3,(H,16,22)(H,20,21). The summed E-state index contributed by atoms with van der Waals surface area (Å²) in [4.78, 5) is 46.4. The maximum Gasteiger partial charge on any atom is 0.323 e. The van der Waals surface area contributed by atoms with Gasteiger partial charge in [-0.3, -0.25) is 24.5 Å². The molecule has 9 nitrogen and oxygen atoms in total. The number of carboxylic acid groups (broad SMARTS) is 1. The lowest BCUT2D eigenvalue weighted by Gasteiger charge is -2.20. The molecule has 0 radical (unpaired) electrons. The number of nitro groups is 1. The molecule has 1 aromatic carbocycles. The Bertz CT molecular complexity index is 698. The highest BCUT2D eigenvalue weighted by Crippen LogP contribution is 2.26. The van der Waals surface area contributed by atoms with Crippen molar-refractivity contribution in [1.29, 1.82) is 0 Å². The van der Waals surface area contributed by atoms with Crippen LogP contribution in [0.4, 0.5) is 5.69 Å². The molecule has 1 fully saturated rings. The summed E-state index contributed by atoms with van der Waals surface area (Å²) in [6, 6.07) is 3.83. The minimum atomic E-state index is -1.10. The van der Waals surface area contributed by atoms with Crippen LogP contribution < -0.4 is 5.32 Å². The molecule has 1 aromatic rings. The van der Waals surface area contributed by atoms with E-state index >= 15 is 0 Å². The van der Waals surface area contributed by atoms with Crippen molar-refractivity contribution < 1.29 is 24.4 Å². The quantitative estimate of drug-likeness (QED) is 0.557. The summed E-state index contributed by atoms with van der Waals surface area (Å²) in [6.07, 6.45) is 1.52. The van der Waals surface area contributed by atoms with E-state index in [9.17, 15) is 24.5 Å². The van der Waals surface area contributed by atoms with Gasteiger partial charge in [0.25, 0.3) is 11.6 Å². The van der Waals surface area contributed by atoms with E-state index < -0.39 is 29.3 Å². The Morgan fingerprint density at radius 1 is 1.38 bits per heavy atom. The monoisotopic (exact) mass is 335 g/mol. The van der Waals surface area contributed by atoms with Crippen LogP contribution in [0.3, 0.4) is 0 Å². The van der Waals surface area contributed by atoms with Crippen LogP contribution in [0.2, 0.25) is 0 Å². The molecule has 0 heterocycles. The number of carbonyl (C=O) groups is 3. The van der Waals surface area contributed by atoms with Crippen LogP contribution >= 0.6 is 0 Å². The van der Waals surface area contributed by atoms with Gasteiger partial charge in [-0.1, -0.05) is 0 Å². The lowest BCUT2D eigenvalue weighted by Crippen LogP contribution is -2.43. The molecule has 0 bridgehead atoms. The molecule has 0 aromatic heterocycles. The van der Waals surface area contributed by atoms with Gasteiger partial charge in [-0.25, -0.2) is 0 Å². The van der Waals surface area contributed by atoms with Gasteiger partial charge >= 0.3 is 5.97 Å². The van der Waals surface area contributed by atoms with Gasteiger partial charge in [0.05, 0.1) is 11.5 Å². The first-order valence-electron chi connectivity index (χ1n) is 7.34. The van der Waals surface area contributed by atoms with Crippen molar-refractivity contribution in [3.63, 3.8) is 0 Å². The van der Waals surface area contributed by atoms with E-state index in [4.69, 9.17) is 5.11 Å². The molecule has 1 saturated carbocycles. The smallest absolute Gasteiger partial charge is 0.323 e. The van der Waals surface area contributed by atoms with Crippen LogP contribution in [0.1, 0.15) is 28.8 Å². The number of hydrogen-bond acceptors (Lipinski definition) is 5. The largest absolute Gasteiger partial charge is 0.480 e. The Morgan fingerprint density at radius 2 is 2.04 bits per heavy atom. The van der Waals surface area contributed by atoms with Gasteiger partial charge in [0.2, 0.25) is 5.91 Å². The number of aliphatic carboxylic acids is 1. The number of nitrogens with zero attached hydrogens (tertiary/aromatic N) is 2. The normalized spacial score (nSPS) is 13.2. The third kappa shape index (κ3) is 4.28. The Hall–Kier alpha value is -2.97. The summed E-state index contributed by atoms with van der Waals surface area (Å²) in [5.74, 6) is -2.12. The number of nitro benzene ring substituents is 1. The molecule has 2 N–H and O–H groups in total. The zero-order valence-electron chi connectivity index (χ0n) is 13.0. The number of amides is 2. The molecule has 1 aliphatic rings. The van der Waals surface area contributed by atoms with E-state index in [2.05, 4.69) is 5.32 Å². The van der Waals surface area contributed by atoms with Gasteiger partial charge in [0.1, 0.15) is 6.54 Å². The average molecular weight is 335 g/mol. The summed E-state index contributed by atoms with van der Waals surface area (Å²) >= 11 is 0. The van der Waals surface area contributed by atoms with Gasteiger partial charge in [-0.2, -0.15) is 0 Å². The zero-order valence-corrected chi connectivity index (χ0v) is 13.0.